The van der Waals surface area contributed by atoms with Gasteiger partial charge in [0, 0.05) is 12.1 Å². The first-order chi connectivity index (χ1) is 22.4. The summed E-state index contributed by atoms with van der Waals surface area (Å²) >= 11 is 0. The normalized spacial score (nSPS) is 13.1. The third kappa shape index (κ3) is 14.7. The number of methoxy groups -OCH3 is 2. The number of benzene rings is 2. The fourth-order valence-electron chi connectivity index (χ4n) is 5.57. The number of unbranched alkanes of at least 4 members (excludes halogenated alkanes) is 3. The van der Waals surface area contributed by atoms with E-state index in [9.17, 15) is 4.79 Å². The van der Waals surface area contributed by atoms with Crippen LogP contribution in [0.4, 0.5) is 0 Å². The molecule has 0 heterocycles. The molecule has 0 aliphatic carbocycles. The van der Waals surface area contributed by atoms with E-state index in [4.69, 9.17) is 23.7 Å². The molecule has 0 amide bonds. The van der Waals surface area contributed by atoms with Crippen molar-refractivity contribution in [2.75, 3.05) is 34.0 Å². The molecular weight excluding hydrogens is 602 g/mol. The molecule has 0 aliphatic rings. The first-order valence-electron chi connectivity index (χ1n) is 18.0. The predicted molar refractivity (Wildman–Crippen MR) is 196 cm³/mol. The van der Waals surface area contributed by atoms with Crippen LogP contribution in [0, 0.1) is 17.8 Å². The van der Waals surface area contributed by atoms with Gasteiger partial charge in [0.15, 0.2) is 5.52 Å². The number of ether oxygens (including phenoxy) is 5. The molecule has 0 aromatic heterocycles. The summed E-state index contributed by atoms with van der Waals surface area (Å²) in [7, 11) is 2.91. The van der Waals surface area contributed by atoms with Crippen molar-refractivity contribution in [2.24, 2.45) is 17.8 Å². The Hall–Kier alpha value is -1.86. The van der Waals surface area contributed by atoms with E-state index in [1.807, 2.05) is 18.2 Å². The maximum atomic E-state index is 14.1. The first-order valence-corrected chi connectivity index (χ1v) is 19.0. The second kappa shape index (κ2) is 25.2. The van der Waals surface area contributed by atoms with E-state index < -0.39 is 0 Å². The molecule has 0 saturated heterocycles. The summed E-state index contributed by atoms with van der Waals surface area (Å²) < 4.78 is 31.0. The molecular formula is C39H64LiO6P. The topological polar surface area (TPSA) is 63.2 Å². The molecule has 0 saturated carbocycles. The van der Waals surface area contributed by atoms with Gasteiger partial charge in [-0.1, -0.05) is 105 Å². The molecule has 0 bridgehead atoms. The number of rotatable bonds is 26. The number of hydrogen-bond acceptors (Lipinski definition) is 6. The van der Waals surface area contributed by atoms with Crippen molar-refractivity contribution in [3.8, 4) is 28.7 Å². The third-order valence-corrected chi connectivity index (χ3v) is 10.2. The van der Waals surface area contributed by atoms with Crippen molar-refractivity contribution >= 4 is 19.4 Å². The fraction of sp³-hybridized carbons (Fsp3) is 0.667. The Morgan fingerprint density at radius 1 is 0.660 bits per heavy atom. The molecule has 0 fully saturated rings. The molecule has 0 aliphatic heterocycles. The van der Waals surface area contributed by atoms with Gasteiger partial charge in [-0.15, -0.1) is 0 Å². The molecule has 4 atom stereocenters. The Balaban J connectivity index is 0.0000110. The van der Waals surface area contributed by atoms with Gasteiger partial charge in [-0.3, -0.25) is 4.79 Å². The standard InChI is InChI=1S/C39H63O6P.Li.H/c1-9-15-19-29(12-4)26-43-32-24-35(44-27-30(13-5)20-16-10-2)38(36(25-32)45-28-31(14-6)21-17-11-3)46-39(40)37-33(41-7)22-18-23-34(37)42-8;;/h18,22-25,29-31,46H,9-17,19-21,26-28H2,1-8H3;;/q;+1;-1. The minimum Gasteiger partial charge on any atom is -1.00 e. The van der Waals surface area contributed by atoms with Gasteiger partial charge in [0.05, 0.1) is 39.3 Å². The van der Waals surface area contributed by atoms with Crippen molar-refractivity contribution in [3.63, 3.8) is 0 Å². The maximum absolute atomic E-state index is 14.1. The maximum Gasteiger partial charge on any atom is 1.00 e. The van der Waals surface area contributed by atoms with E-state index in [0.29, 0.717) is 66.1 Å². The van der Waals surface area contributed by atoms with Crippen LogP contribution in [-0.4, -0.2) is 39.6 Å². The summed E-state index contributed by atoms with van der Waals surface area (Å²) in [5.41, 5.74) is 0.355. The summed E-state index contributed by atoms with van der Waals surface area (Å²) in [4.78, 5) is 14.1. The molecule has 2 aromatic carbocycles. The average molecular weight is 667 g/mol. The van der Waals surface area contributed by atoms with Crippen LogP contribution in [-0.2, 0) is 0 Å². The van der Waals surface area contributed by atoms with Crippen molar-refractivity contribution in [3.05, 3.63) is 35.9 Å². The van der Waals surface area contributed by atoms with Gasteiger partial charge in [0.25, 0.3) is 0 Å². The summed E-state index contributed by atoms with van der Waals surface area (Å²) in [5.74, 6) is 4.44. The molecule has 262 valence electrons. The van der Waals surface area contributed by atoms with Crippen LogP contribution in [0.1, 0.15) is 130 Å². The zero-order chi connectivity index (χ0) is 33.7. The van der Waals surface area contributed by atoms with Gasteiger partial charge in [0.1, 0.15) is 34.3 Å². The Morgan fingerprint density at radius 3 is 1.43 bits per heavy atom. The molecule has 2 rings (SSSR count). The second-order valence-corrected chi connectivity index (χ2v) is 13.7. The van der Waals surface area contributed by atoms with Crippen LogP contribution in [0.25, 0.3) is 0 Å². The van der Waals surface area contributed by atoms with Crippen molar-refractivity contribution in [2.45, 2.75) is 119 Å². The molecule has 2 aromatic rings. The minimum atomic E-state index is -0.248. The van der Waals surface area contributed by atoms with Crippen molar-refractivity contribution in [1.82, 2.24) is 0 Å². The van der Waals surface area contributed by atoms with Gasteiger partial charge in [-0.05, 0) is 57.7 Å². The Kier molecular flexibility index (Phi) is 23.1. The smallest absolute Gasteiger partial charge is 1.00 e. The zero-order valence-electron chi connectivity index (χ0n) is 32.2. The first kappa shape index (κ1) is 43.2. The summed E-state index contributed by atoms with van der Waals surface area (Å²) in [6.07, 6.45) is 13.6. The Bertz CT molecular complexity index is 1090. The molecule has 8 heteroatoms. The second-order valence-electron chi connectivity index (χ2n) is 12.5. The van der Waals surface area contributed by atoms with Crippen molar-refractivity contribution < 1.29 is 48.8 Å². The van der Waals surface area contributed by atoms with Crippen LogP contribution in [0.5, 0.6) is 28.7 Å². The van der Waals surface area contributed by atoms with Gasteiger partial charge in [-0.2, -0.15) is 0 Å². The van der Waals surface area contributed by atoms with Gasteiger partial charge in [-0.25, -0.2) is 0 Å². The Labute approximate surface area is 302 Å². The number of hydrogen-bond donors (Lipinski definition) is 0. The monoisotopic (exact) mass is 666 g/mol. The van der Waals surface area contributed by atoms with E-state index in [1.165, 1.54) is 25.7 Å². The van der Waals surface area contributed by atoms with E-state index in [-0.39, 0.29) is 34.4 Å². The summed E-state index contributed by atoms with van der Waals surface area (Å²) in [6.45, 7) is 15.2. The van der Waals surface area contributed by atoms with E-state index >= 15 is 0 Å². The van der Waals surface area contributed by atoms with Crippen LogP contribution in [0.3, 0.4) is 0 Å². The molecule has 0 spiro atoms. The van der Waals surface area contributed by atoms with Gasteiger partial charge >= 0.3 is 18.9 Å². The van der Waals surface area contributed by atoms with Crippen molar-refractivity contribution in [1.29, 1.82) is 0 Å². The SMILES string of the molecule is CCCCC(CC)COc1cc(OCC(CC)CCCC)c(PC(=O)c2c(OC)cccc2OC)c(OCC(CC)CCCC)c1.[H-].[Li+]. The molecule has 47 heavy (non-hydrogen) atoms. The minimum absolute atomic E-state index is 0. The summed E-state index contributed by atoms with van der Waals surface area (Å²) in [5, 5.41) is 0.777. The molecule has 4 unspecified atom stereocenters. The third-order valence-electron chi connectivity index (χ3n) is 9.00. The number of carbonyl (C=O) groups excluding carboxylic acids is 1. The van der Waals surface area contributed by atoms with Gasteiger partial charge < -0.3 is 25.1 Å². The largest absolute Gasteiger partial charge is 1.00 e. The zero-order valence-corrected chi connectivity index (χ0v) is 32.2. The van der Waals surface area contributed by atoms with E-state index in [1.54, 1.807) is 26.4 Å². The quantitative estimate of drug-likeness (QED) is 0.0756. The molecule has 0 N–H and O–H groups in total. The van der Waals surface area contributed by atoms with Crippen LogP contribution >= 0.6 is 8.58 Å². The molecule has 6 nitrogen and oxygen atoms in total. The average Bonchev–Trinajstić information content (AvgIpc) is 3.08. The fourth-order valence-corrected chi connectivity index (χ4v) is 6.71. The van der Waals surface area contributed by atoms with Crippen LogP contribution in [0.15, 0.2) is 30.3 Å². The van der Waals surface area contributed by atoms with Crippen LogP contribution < -0.4 is 47.8 Å². The molecule has 0 radical (unpaired) electrons. The van der Waals surface area contributed by atoms with Gasteiger partial charge in [0.2, 0.25) is 0 Å². The van der Waals surface area contributed by atoms with Crippen LogP contribution in [0.2, 0.25) is 0 Å². The Morgan fingerprint density at radius 2 is 1.06 bits per heavy atom. The van der Waals surface area contributed by atoms with E-state index in [0.717, 1.165) is 62.4 Å². The summed E-state index contributed by atoms with van der Waals surface area (Å²) in [6, 6.07) is 9.39. The number of carbonyl (C=O) groups is 1. The predicted octanol–water partition coefficient (Wildman–Crippen LogP) is 7.75. The van der Waals surface area contributed by atoms with E-state index in [2.05, 4.69) is 41.5 Å².